The third-order valence-electron chi connectivity index (χ3n) is 4.56. The van der Waals surface area contributed by atoms with E-state index in [0.717, 1.165) is 24.8 Å². The molecule has 1 saturated carbocycles. The summed E-state index contributed by atoms with van der Waals surface area (Å²) in [6, 6.07) is 0. The van der Waals surface area contributed by atoms with Crippen molar-refractivity contribution >= 4 is 5.97 Å². The maximum Gasteiger partial charge on any atom is 0.334 e. The van der Waals surface area contributed by atoms with Gasteiger partial charge in [0.15, 0.2) is 0 Å². The second-order valence-electron chi connectivity index (χ2n) is 5.80. The Labute approximate surface area is 98.1 Å². The molecule has 2 fully saturated rings. The fourth-order valence-corrected chi connectivity index (χ4v) is 2.96. The van der Waals surface area contributed by atoms with Crippen molar-refractivity contribution in [1.29, 1.82) is 0 Å². The monoisotopic (exact) mass is 222 g/mol. The van der Waals surface area contributed by atoms with Gasteiger partial charge in [0.1, 0.15) is 6.61 Å². The highest BCUT2D eigenvalue weighted by molar-refractivity contribution is 5.92. The Morgan fingerprint density at radius 1 is 1.38 bits per heavy atom. The third-order valence-corrected chi connectivity index (χ3v) is 4.56. The first-order chi connectivity index (χ1) is 7.53. The minimum absolute atomic E-state index is 0.0395. The summed E-state index contributed by atoms with van der Waals surface area (Å²) in [7, 11) is 0. The molecular weight excluding hydrogens is 200 g/mol. The minimum atomic E-state index is -0.0659. The van der Waals surface area contributed by atoms with E-state index < -0.39 is 0 Å². The number of hydrogen-bond donors (Lipinski definition) is 0. The van der Waals surface area contributed by atoms with E-state index in [2.05, 4.69) is 26.8 Å². The molecule has 90 valence electrons. The molecule has 16 heavy (non-hydrogen) atoms. The van der Waals surface area contributed by atoms with Crippen molar-refractivity contribution in [2.24, 2.45) is 10.8 Å². The van der Waals surface area contributed by atoms with Gasteiger partial charge in [0.05, 0.1) is 0 Å². The van der Waals surface area contributed by atoms with Gasteiger partial charge in [-0.2, -0.15) is 0 Å². The fourth-order valence-electron chi connectivity index (χ4n) is 2.96. The first kappa shape index (κ1) is 11.7. The van der Waals surface area contributed by atoms with Crippen LogP contribution >= 0.6 is 0 Å². The average molecular weight is 222 g/mol. The van der Waals surface area contributed by atoms with Crippen LogP contribution in [0.3, 0.4) is 0 Å². The van der Waals surface area contributed by atoms with E-state index in [1.54, 1.807) is 0 Å². The van der Waals surface area contributed by atoms with Crippen molar-refractivity contribution in [3.63, 3.8) is 0 Å². The summed E-state index contributed by atoms with van der Waals surface area (Å²) in [6.45, 7) is 7.30. The van der Waals surface area contributed by atoms with Gasteiger partial charge in [-0.05, 0) is 24.7 Å². The van der Waals surface area contributed by atoms with Crippen LogP contribution in [0.25, 0.3) is 0 Å². The molecule has 2 rings (SSSR count). The summed E-state index contributed by atoms with van der Waals surface area (Å²) in [6.07, 6.45) is 7.81. The summed E-state index contributed by atoms with van der Waals surface area (Å²) in [4.78, 5) is 11.8. The Hall–Kier alpha value is -0.790. The number of rotatable bonds is 3. The SMILES string of the molecule is CCCC/C=C1\C(=O)OCC12CCC2(C)C. The number of carbonyl (C=O) groups excluding carboxylic acids is 1. The van der Waals surface area contributed by atoms with Crippen LogP contribution in [0.15, 0.2) is 11.6 Å². The molecule has 2 aliphatic rings. The van der Waals surface area contributed by atoms with Crippen molar-refractivity contribution in [1.82, 2.24) is 0 Å². The molecular formula is C14H22O2. The van der Waals surface area contributed by atoms with E-state index in [1.807, 2.05) is 0 Å². The number of allylic oxidation sites excluding steroid dienone is 1. The molecule has 1 aliphatic carbocycles. The highest BCUT2D eigenvalue weighted by Gasteiger charge is 2.60. The van der Waals surface area contributed by atoms with Crippen LogP contribution in [0.2, 0.25) is 0 Å². The number of hydrogen-bond acceptors (Lipinski definition) is 2. The number of cyclic esters (lactones) is 1. The van der Waals surface area contributed by atoms with Gasteiger partial charge < -0.3 is 4.74 Å². The molecule has 1 atom stereocenters. The second-order valence-corrected chi connectivity index (χ2v) is 5.80. The molecule has 1 unspecified atom stereocenters. The van der Waals surface area contributed by atoms with Crippen molar-refractivity contribution < 1.29 is 9.53 Å². The maximum atomic E-state index is 11.8. The summed E-state index contributed by atoms with van der Waals surface area (Å²) < 4.78 is 5.28. The summed E-state index contributed by atoms with van der Waals surface area (Å²) >= 11 is 0. The Morgan fingerprint density at radius 2 is 2.12 bits per heavy atom. The minimum Gasteiger partial charge on any atom is -0.461 e. The number of esters is 1. The third kappa shape index (κ3) is 1.50. The van der Waals surface area contributed by atoms with Crippen LogP contribution < -0.4 is 0 Å². The van der Waals surface area contributed by atoms with Crippen molar-refractivity contribution in [3.8, 4) is 0 Å². The van der Waals surface area contributed by atoms with Gasteiger partial charge in [0, 0.05) is 11.0 Å². The molecule has 1 spiro atoms. The van der Waals surface area contributed by atoms with Crippen LogP contribution in [-0.2, 0) is 9.53 Å². The summed E-state index contributed by atoms with van der Waals surface area (Å²) in [5.41, 5.74) is 1.24. The largest absolute Gasteiger partial charge is 0.461 e. The zero-order chi connectivity index (χ0) is 11.8. The molecule has 1 aliphatic heterocycles. The molecule has 0 amide bonds. The van der Waals surface area contributed by atoms with E-state index in [9.17, 15) is 4.79 Å². The van der Waals surface area contributed by atoms with Gasteiger partial charge in [-0.15, -0.1) is 0 Å². The molecule has 1 heterocycles. The van der Waals surface area contributed by atoms with Crippen molar-refractivity contribution in [2.45, 2.75) is 52.9 Å². The van der Waals surface area contributed by atoms with E-state index in [0.29, 0.717) is 6.61 Å². The number of carbonyl (C=O) groups is 1. The van der Waals surface area contributed by atoms with Crippen LogP contribution in [-0.4, -0.2) is 12.6 Å². The van der Waals surface area contributed by atoms with Gasteiger partial charge >= 0.3 is 5.97 Å². The first-order valence-electron chi connectivity index (χ1n) is 6.41. The quantitative estimate of drug-likeness (QED) is 0.415. The fraction of sp³-hybridized carbons (Fsp3) is 0.786. The Bertz CT molecular complexity index is 328. The van der Waals surface area contributed by atoms with Gasteiger partial charge in [0.25, 0.3) is 0 Å². The van der Waals surface area contributed by atoms with Crippen LogP contribution in [0.4, 0.5) is 0 Å². The molecule has 0 bridgehead atoms. The van der Waals surface area contributed by atoms with Crippen LogP contribution in [0.5, 0.6) is 0 Å². The van der Waals surface area contributed by atoms with Crippen LogP contribution in [0, 0.1) is 10.8 Å². The van der Waals surface area contributed by atoms with Crippen molar-refractivity contribution in [3.05, 3.63) is 11.6 Å². The Morgan fingerprint density at radius 3 is 2.62 bits per heavy atom. The zero-order valence-electron chi connectivity index (χ0n) is 10.6. The lowest BCUT2D eigenvalue weighted by atomic mass is 9.49. The van der Waals surface area contributed by atoms with Crippen LogP contribution in [0.1, 0.15) is 52.9 Å². The molecule has 1 saturated heterocycles. The average Bonchev–Trinajstić information content (AvgIpc) is 2.58. The first-order valence-corrected chi connectivity index (χ1v) is 6.41. The molecule has 0 aromatic rings. The molecule has 2 heteroatoms. The molecule has 0 aromatic heterocycles. The van der Waals surface area contributed by atoms with Gasteiger partial charge in [-0.1, -0.05) is 39.7 Å². The smallest absolute Gasteiger partial charge is 0.334 e. The number of ether oxygens (including phenoxy) is 1. The topological polar surface area (TPSA) is 26.3 Å². The predicted molar refractivity (Wildman–Crippen MR) is 64.0 cm³/mol. The maximum absolute atomic E-state index is 11.8. The van der Waals surface area contributed by atoms with Gasteiger partial charge in [-0.25, -0.2) is 4.79 Å². The van der Waals surface area contributed by atoms with E-state index in [1.165, 1.54) is 12.8 Å². The number of unbranched alkanes of at least 4 members (excludes halogenated alkanes) is 2. The van der Waals surface area contributed by atoms with E-state index >= 15 is 0 Å². The Balaban J connectivity index is 2.20. The predicted octanol–water partition coefficient (Wildman–Crippen LogP) is 3.47. The lowest BCUT2D eigenvalue weighted by Gasteiger charge is -2.53. The normalized spacial score (nSPS) is 34.2. The van der Waals surface area contributed by atoms with E-state index in [4.69, 9.17) is 4.74 Å². The lowest BCUT2D eigenvalue weighted by molar-refractivity contribution is -0.135. The molecule has 0 N–H and O–H groups in total. The van der Waals surface area contributed by atoms with Gasteiger partial charge in [-0.3, -0.25) is 0 Å². The second kappa shape index (κ2) is 3.90. The standard InChI is InChI=1S/C14H22O2/c1-4-5-6-7-11-12(15)16-10-14(11)9-8-13(14,2)3/h7H,4-6,8-10H2,1-3H3/b11-7+. The van der Waals surface area contributed by atoms with Gasteiger partial charge in [0.2, 0.25) is 0 Å². The highest BCUT2D eigenvalue weighted by Crippen LogP contribution is 2.63. The summed E-state index contributed by atoms with van der Waals surface area (Å²) in [5.74, 6) is -0.0659. The summed E-state index contributed by atoms with van der Waals surface area (Å²) in [5, 5.41) is 0. The molecule has 2 nitrogen and oxygen atoms in total. The van der Waals surface area contributed by atoms with Crippen molar-refractivity contribution in [2.75, 3.05) is 6.61 Å². The molecule has 0 aromatic carbocycles. The highest BCUT2D eigenvalue weighted by atomic mass is 16.5. The van der Waals surface area contributed by atoms with E-state index in [-0.39, 0.29) is 16.8 Å². The molecule has 0 radical (unpaired) electrons. The lowest BCUT2D eigenvalue weighted by Crippen LogP contribution is -2.49. The Kier molecular flexibility index (Phi) is 2.85. The zero-order valence-corrected chi connectivity index (χ0v) is 10.6.